The maximum absolute atomic E-state index is 12.6. The average molecular weight is 357 g/mol. The summed E-state index contributed by atoms with van der Waals surface area (Å²) in [6.07, 6.45) is 0. The van der Waals surface area contributed by atoms with Gasteiger partial charge in [0.15, 0.2) is 18.1 Å². The molecule has 0 heterocycles. The van der Waals surface area contributed by atoms with Gasteiger partial charge in [0.05, 0.1) is 7.11 Å². The zero-order chi connectivity index (χ0) is 19.0. The minimum atomic E-state index is -3.14. The van der Waals surface area contributed by atoms with Crippen molar-refractivity contribution in [1.82, 2.24) is 4.90 Å². The largest absolute Gasteiger partial charge is 0.493 e. The number of amides is 1. The molecule has 0 radical (unpaired) electrons. The van der Waals surface area contributed by atoms with Crippen LogP contribution in [0.4, 0.5) is 8.78 Å². The first-order valence-corrected chi connectivity index (χ1v) is 7.51. The number of benzene rings is 1. The first kappa shape index (κ1) is 20.4. The summed E-state index contributed by atoms with van der Waals surface area (Å²) >= 11 is 0. The summed E-state index contributed by atoms with van der Waals surface area (Å²) in [5.74, 6) is -1.86. The SMILES string of the molecule is C=C(C)CN(CC)C(=O)COC(=O)c1cccc(OC)c1OC(F)F. The van der Waals surface area contributed by atoms with Crippen molar-refractivity contribution in [3.63, 3.8) is 0 Å². The number of rotatable bonds is 9. The highest BCUT2D eigenvalue weighted by atomic mass is 19.3. The van der Waals surface area contributed by atoms with Crippen molar-refractivity contribution in [3.05, 3.63) is 35.9 Å². The molecule has 0 atom stereocenters. The summed E-state index contributed by atoms with van der Waals surface area (Å²) < 4.78 is 39.3. The van der Waals surface area contributed by atoms with Crippen molar-refractivity contribution in [2.45, 2.75) is 20.5 Å². The second-order valence-corrected chi connectivity index (χ2v) is 5.16. The average Bonchev–Trinajstić information content (AvgIpc) is 2.56. The molecule has 8 heteroatoms. The van der Waals surface area contributed by atoms with E-state index in [4.69, 9.17) is 9.47 Å². The van der Waals surface area contributed by atoms with E-state index in [0.29, 0.717) is 13.1 Å². The van der Waals surface area contributed by atoms with Crippen LogP contribution in [0.2, 0.25) is 0 Å². The highest BCUT2D eigenvalue weighted by Gasteiger charge is 2.22. The molecule has 1 amide bonds. The van der Waals surface area contributed by atoms with Crippen molar-refractivity contribution in [2.75, 3.05) is 26.8 Å². The van der Waals surface area contributed by atoms with E-state index in [0.717, 1.165) is 5.57 Å². The van der Waals surface area contributed by atoms with Gasteiger partial charge in [-0.1, -0.05) is 18.2 Å². The molecular weight excluding hydrogens is 336 g/mol. The fourth-order valence-electron chi connectivity index (χ4n) is 2.05. The van der Waals surface area contributed by atoms with Gasteiger partial charge in [0.25, 0.3) is 5.91 Å². The van der Waals surface area contributed by atoms with Gasteiger partial charge in [0.1, 0.15) is 5.56 Å². The van der Waals surface area contributed by atoms with E-state index in [9.17, 15) is 18.4 Å². The van der Waals surface area contributed by atoms with Crippen LogP contribution in [0.5, 0.6) is 11.5 Å². The van der Waals surface area contributed by atoms with E-state index in [1.807, 2.05) is 0 Å². The van der Waals surface area contributed by atoms with Gasteiger partial charge in [-0.25, -0.2) is 4.79 Å². The lowest BCUT2D eigenvalue weighted by molar-refractivity contribution is -0.133. The van der Waals surface area contributed by atoms with Gasteiger partial charge in [0, 0.05) is 13.1 Å². The molecule has 0 aliphatic heterocycles. The molecule has 0 aliphatic rings. The van der Waals surface area contributed by atoms with Gasteiger partial charge in [0.2, 0.25) is 0 Å². The Bertz CT molecular complexity index is 633. The van der Waals surface area contributed by atoms with Crippen LogP contribution in [0.3, 0.4) is 0 Å². The minimum absolute atomic E-state index is 0.0430. The maximum atomic E-state index is 12.6. The monoisotopic (exact) mass is 357 g/mol. The summed E-state index contributed by atoms with van der Waals surface area (Å²) in [6, 6.07) is 4.04. The third-order valence-corrected chi connectivity index (χ3v) is 3.15. The molecule has 138 valence electrons. The Morgan fingerprint density at radius 2 is 2.00 bits per heavy atom. The Hall–Kier alpha value is -2.64. The van der Waals surface area contributed by atoms with E-state index >= 15 is 0 Å². The van der Waals surface area contributed by atoms with Gasteiger partial charge in [-0.05, 0) is 26.0 Å². The molecule has 6 nitrogen and oxygen atoms in total. The number of esters is 1. The number of hydrogen-bond acceptors (Lipinski definition) is 5. The van der Waals surface area contributed by atoms with E-state index in [1.165, 1.54) is 30.2 Å². The van der Waals surface area contributed by atoms with Gasteiger partial charge in [-0.15, -0.1) is 0 Å². The second-order valence-electron chi connectivity index (χ2n) is 5.16. The highest BCUT2D eigenvalue weighted by molar-refractivity contribution is 5.95. The molecule has 0 saturated carbocycles. The Balaban J connectivity index is 2.87. The molecule has 1 aromatic rings. The number of carbonyl (C=O) groups is 2. The number of ether oxygens (including phenoxy) is 3. The first-order chi connectivity index (χ1) is 11.8. The topological polar surface area (TPSA) is 65.1 Å². The van der Waals surface area contributed by atoms with E-state index in [-0.39, 0.29) is 11.3 Å². The number of nitrogens with zero attached hydrogens (tertiary/aromatic N) is 1. The Kier molecular flexibility index (Phi) is 7.84. The summed E-state index contributed by atoms with van der Waals surface area (Å²) in [6.45, 7) is 4.36. The molecular formula is C17H21F2NO5. The summed E-state index contributed by atoms with van der Waals surface area (Å²) in [5, 5.41) is 0. The van der Waals surface area contributed by atoms with Crippen LogP contribution < -0.4 is 9.47 Å². The first-order valence-electron chi connectivity index (χ1n) is 7.51. The van der Waals surface area contributed by atoms with Gasteiger partial charge < -0.3 is 19.1 Å². The molecule has 0 aliphatic carbocycles. The number of methoxy groups -OCH3 is 1. The number of alkyl halides is 2. The smallest absolute Gasteiger partial charge is 0.387 e. The van der Waals surface area contributed by atoms with Crippen LogP contribution in [-0.4, -0.2) is 50.2 Å². The van der Waals surface area contributed by atoms with Crippen molar-refractivity contribution in [2.24, 2.45) is 0 Å². The number of likely N-dealkylation sites (N-methyl/N-ethyl adjacent to an activating group) is 1. The van der Waals surface area contributed by atoms with Crippen molar-refractivity contribution in [3.8, 4) is 11.5 Å². The zero-order valence-corrected chi connectivity index (χ0v) is 14.4. The number of para-hydroxylation sites is 1. The molecule has 0 saturated heterocycles. The van der Waals surface area contributed by atoms with Crippen LogP contribution in [0, 0.1) is 0 Å². The molecule has 0 fully saturated rings. The summed E-state index contributed by atoms with van der Waals surface area (Å²) in [4.78, 5) is 25.7. The lowest BCUT2D eigenvalue weighted by Gasteiger charge is -2.21. The third-order valence-electron chi connectivity index (χ3n) is 3.15. The van der Waals surface area contributed by atoms with Crippen molar-refractivity contribution >= 4 is 11.9 Å². The Labute approximate surface area is 145 Å². The van der Waals surface area contributed by atoms with Crippen LogP contribution in [0.1, 0.15) is 24.2 Å². The molecule has 0 aromatic heterocycles. The van der Waals surface area contributed by atoms with E-state index in [2.05, 4.69) is 11.3 Å². The fourth-order valence-corrected chi connectivity index (χ4v) is 2.05. The van der Waals surface area contributed by atoms with Crippen molar-refractivity contribution in [1.29, 1.82) is 0 Å². The molecule has 0 N–H and O–H groups in total. The lowest BCUT2D eigenvalue weighted by Crippen LogP contribution is -2.35. The molecule has 0 spiro atoms. The Morgan fingerprint density at radius 1 is 1.32 bits per heavy atom. The van der Waals surface area contributed by atoms with Crippen LogP contribution in [0.15, 0.2) is 30.4 Å². The quantitative estimate of drug-likeness (QED) is 0.502. The molecule has 0 unspecified atom stereocenters. The van der Waals surface area contributed by atoms with Gasteiger partial charge >= 0.3 is 12.6 Å². The van der Waals surface area contributed by atoms with Gasteiger partial charge in [-0.2, -0.15) is 8.78 Å². The van der Waals surface area contributed by atoms with Crippen LogP contribution in [-0.2, 0) is 9.53 Å². The van der Waals surface area contributed by atoms with E-state index < -0.39 is 30.8 Å². The summed E-state index contributed by atoms with van der Waals surface area (Å²) in [5.41, 5.74) is 0.525. The highest BCUT2D eigenvalue weighted by Crippen LogP contribution is 2.32. The lowest BCUT2D eigenvalue weighted by atomic mass is 10.2. The second kappa shape index (κ2) is 9.61. The number of carbonyl (C=O) groups excluding carboxylic acids is 2. The fraction of sp³-hybridized carbons (Fsp3) is 0.412. The van der Waals surface area contributed by atoms with E-state index in [1.54, 1.807) is 13.8 Å². The number of hydrogen-bond donors (Lipinski definition) is 0. The zero-order valence-electron chi connectivity index (χ0n) is 14.4. The van der Waals surface area contributed by atoms with Crippen LogP contribution in [0.25, 0.3) is 0 Å². The maximum Gasteiger partial charge on any atom is 0.387 e. The van der Waals surface area contributed by atoms with Gasteiger partial charge in [-0.3, -0.25) is 4.79 Å². The molecule has 25 heavy (non-hydrogen) atoms. The molecule has 1 rings (SSSR count). The molecule has 1 aromatic carbocycles. The standard InChI is InChI=1S/C17H21F2NO5/c1-5-20(9-11(2)3)14(21)10-24-16(22)12-7-6-8-13(23-4)15(12)25-17(18)19/h6-8,17H,2,5,9-10H2,1,3-4H3. The predicted octanol–water partition coefficient (Wildman–Crippen LogP) is 2.88. The normalized spacial score (nSPS) is 10.3. The number of halogens is 2. The summed E-state index contributed by atoms with van der Waals surface area (Å²) in [7, 11) is 1.25. The third kappa shape index (κ3) is 6.06. The Morgan fingerprint density at radius 3 is 2.52 bits per heavy atom. The van der Waals surface area contributed by atoms with Crippen LogP contribution >= 0.6 is 0 Å². The minimum Gasteiger partial charge on any atom is -0.493 e. The predicted molar refractivity (Wildman–Crippen MR) is 87.0 cm³/mol. The van der Waals surface area contributed by atoms with Crippen molar-refractivity contribution < 1.29 is 32.6 Å². The molecule has 0 bridgehead atoms.